The standard InChI is InChI=1S/C39H62O8.C2H6/c1-25(2)30(7)46-39(8)22-34(45-24-40)21-33(47-39)14-12-27(4)35(17-19-43-32-16-18-42-29(6)20-32)26(3)10-9-11-31-23-44-38-36(31)15-13-28(5)37(38)41;1-2/h9-13,24-26,29-30,32-38,41H,14-23H2,1-8H3;1-2H3/b10-9+,27-12+,31-11+;/t26-,29?,30?,32?,33?,34?,35-,36?,37?,38?,39?;/m0./s1. The van der Waals surface area contributed by atoms with Crippen LogP contribution in [0.1, 0.15) is 114 Å². The summed E-state index contributed by atoms with van der Waals surface area (Å²) in [5.74, 6) is 0.328. The number of fused-ring (bicyclic) bond motifs is 1. The van der Waals surface area contributed by atoms with Crippen molar-refractivity contribution in [2.24, 2.45) is 23.7 Å². The maximum Gasteiger partial charge on any atom is 0.293 e. The summed E-state index contributed by atoms with van der Waals surface area (Å²) in [6.07, 6.45) is 16.2. The minimum absolute atomic E-state index is 0.0176. The van der Waals surface area contributed by atoms with Crippen LogP contribution in [-0.2, 0) is 33.2 Å². The van der Waals surface area contributed by atoms with Gasteiger partial charge in [0.2, 0.25) is 0 Å². The van der Waals surface area contributed by atoms with Crippen LogP contribution in [0.15, 0.2) is 47.1 Å². The zero-order valence-electron chi connectivity index (χ0n) is 32.2. The van der Waals surface area contributed by atoms with E-state index in [1.165, 1.54) is 11.1 Å². The smallest absolute Gasteiger partial charge is 0.293 e. The van der Waals surface area contributed by atoms with Crippen LogP contribution in [0.2, 0.25) is 0 Å². The third-order valence-corrected chi connectivity index (χ3v) is 10.8. The summed E-state index contributed by atoms with van der Waals surface area (Å²) in [5, 5.41) is 10.6. The summed E-state index contributed by atoms with van der Waals surface area (Å²) in [5.41, 5.74) is 3.56. The van der Waals surface area contributed by atoms with Crippen LogP contribution in [0.25, 0.3) is 0 Å². The SMILES string of the molecule is CC.CC1=CCC2/C(=C/C=C/[C@H](C)[C@H](CCOC3CCOC(C)C3)/C(C)=C/CC3CC(OC=O)CC(C)(OC(C)C(C)C)O3)COC2C1O. The first-order valence-corrected chi connectivity index (χ1v) is 19.1. The van der Waals surface area contributed by atoms with E-state index in [9.17, 15) is 9.90 Å². The first kappa shape index (κ1) is 41.6. The van der Waals surface area contributed by atoms with Crippen molar-refractivity contribution in [2.45, 2.75) is 163 Å². The Morgan fingerprint density at radius 1 is 1.14 bits per heavy atom. The highest BCUT2D eigenvalue weighted by molar-refractivity contribution is 5.37. The first-order valence-electron chi connectivity index (χ1n) is 19.1. The number of carbonyl (C=O) groups excluding carboxylic acids is 1. The van der Waals surface area contributed by atoms with Gasteiger partial charge in [0.15, 0.2) is 5.79 Å². The Hall–Kier alpha value is -1.81. The monoisotopic (exact) mass is 688 g/mol. The molecule has 0 aromatic rings. The second-order valence-electron chi connectivity index (χ2n) is 15.0. The molecule has 3 heterocycles. The van der Waals surface area contributed by atoms with Gasteiger partial charge in [-0.1, -0.05) is 70.6 Å². The molecule has 0 saturated carbocycles. The minimum Gasteiger partial charge on any atom is -0.464 e. The van der Waals surface area contributed by atoms with Gasteiger partial charge in [-0.25, -0.2) is 0 Å². The fraction of sp³-hybridized carbons (Fsp3) is 0.780. The molecule has 1 aliphatic carbocycles. The molecule has 4 aliphatic rings. The van der Waals surface area contributed by atoms with E-state index in [0.717, 1.165) is 37.9 Å². The van der Waals surface area contributed by atoms with E-state index >= 15 is 0 Å². The average molecular weight is 689 g/mol. The van der Waals surface area contributed by atoms with Gasteiger partial charge in [-0.05, 0) is 95.6 Å². The molecule has 4 rings (SSSR count). The fourth-order valence-corrected chi connectivity index (χ4v) is 7.59. The van der Waals surface area contributed by atoms with E-state index in [0.29, 0.717) is 44.9 Å². The van der Waals surface area contributed by atoms with Crippen LogP contribution < -0.4 is 0 Å². The van der Waals surface area contributed by atoms with Gasteiger partial charge >= 0.3 is 0 Å². The Morgan fingerprint density at radius 3 is 2.59 bits per heavy atom. The summed E-state index contributed by atoms with van der Waals surface area (Å²) in [4.78, 5) is 11.3. The lowest BCUT2D eigenvalue weighted by atomic mass is 9.82. The van der Waals surface area contributed by atoms with Crippen LogP contribution in [0.4, 0.5) is 0 Å². The Balaban J connectivity index is 0.00000319. The average Bonchev–Trinajstić information content (AvgIpc) is 3.47. The lowest BCUT2D eigenvalue weighted by Crippen LogP contribution is -2.48. The molecule has 11 atom stereocenters. The van der Waals surface area contributed by atoms with E-state index in [1.54, 1.807) is 0 Å². The Kier molecular flexibility index (Phi) is 17.2. The molecule has 0 amide bonds. The zero-order chi connectivity index (χ0) is 36.1. The number of aliphatic hydroxyl groups excluding tert-OH is 1. The van der Waals surface area contributed by atoms with Gasteiger partial charge in [0.25, 0.3) is 6.47 Å². The van der Waals surface area contributed by atoms with Gasteiger partial charge in [-0.3, -0.25) is 4.79 Å². The first-order chi connectivity index (χ1) is 23.4. The summed E-state index contributed by atoms with van der Waals surface area (Å²) < 4.78 is 36.5. The highest BCUT2D eigenvalue weighted by Gasteiger charge is 2.42. The van der Waals surface area contributed by atoms with Crippen LogP contribution in [-0.4, -0.2) is 79.9 Å². The Labute approximate surface area is 297 Å². The third-order valence-electron chi connectivity index (χ3n) is 10.8. The van der Waals surface area contributed by atoms with Crippen molar-refractivity contribution < 1.29 is 38.3 Å². The van der Waals surface area contributed by atoms with Crippen molar-refractivity contribution in [3.05, 3.63) is 47.1 Å². The summed E-state index contributed by atoms with van der Waals surface area (Å²) in [6, 6.07) is 0. The largest absolute Gasteiger partial charge is 0.464 e. The second kappa shape index (κ2) is 20.3. The second-order valence-corrected chi connectivity index (χ2v) is 15.0. The number of hydrogen-bond acceptors (Lipinski definition) is 8. The normalized spacial score (nSPS) is 34.9. The van der Waals surface area contributed by atoms with Crippen LogP contribution in [0.5, 0.6) is 0 Å². The van der Waals surface area contributed by atoms with Crippen molar-refractivity contribution in [1.82, 2.24) is 0 Å². The number of allylic oxidation sites excluding steroid dienone is 5. The lowest BCUT2D eigenvalue weighted by Gasteiger charge is -2.43. The maximum absolute atomic E-state index is 11.3. The van der Waals surface area contributed by atoms with Gasteiger partial charge in [0.05, 0.1) is 37.1 Å². The van der Waals surface area contributed by atoms with Crippen molar-refractivity contribution in [2.75, 3.05) is 19.8 Å². The zero-order valence-corrected chi connectivity index (χ0v) is 32.2. The number of ether oxygens (including phenoxy) is 6. The van der Waals surface area contributed by atoms with Crippen molar-refractivity contribution in [3.8, 4) is 0 Å². The van der Waals surface area contributed by atoms with E-state index in [2.05, 4.69) is 71.9 Å². The van der Waals surface area contributed by atoms with Crippen LogP contribution >= 0.6 is 0 Å². The van der Waals surface area contributed by atoms with E-state index in [1.807, 2.05) is 27.7 Å². The molecule has 8 heteroatoms. The molecule has 1 N–H and O–H groups in total. The molecule has 3 saturated heterocycles. The van der Waals surface area contributed by atoms with Gasteiger partial charge in [-0.2, -0.15) is 0 Å². The lowest BCUT2D eigenvalue weighted by molar-refractivity contribution is -0.303. The van der Waals surface area contributed by atoms with Crippen LogP contribution in [0, 0.1) is 23.7 Å². The van der Waals surface area contributed by atoms with E-state index in [4.69, 9.17) is 28.4 Å². The summed E-state index contributed by atoms with van der Waals surface area (Å²) in [7, 11) is 0. The van der Waals surface area contributed by atoms with E-state index in [-0.39, 0.29) is 54.4 Å². The molecular formula is C41H68O8. The van der Waals surface area contributed by atoms with Crippen molar-refractivity contribution in [3.63, 3.8) is 0 Å². The Bertz CT molecular complexity index is 1130. The number of aliphatic hydroxyl groups is 1. The Morgan fingerprint density at radius 2 is 1.90 bits per heavy atom. The van der Waals surface area contributed by atoms with Crippen molar-refractivity contribution >= 4 is 6.47 Å². The molecule has 49 heavy (non-hydrogen) atoms. The number of rotatable bonds is 15. The summed E-state index contributed by atoms with van der Waals surface area (Å²) >= 11 is 0. The molecular weight excluding hydrogens is 620 g/mol. The van der Waals surface area contributed by atoms with Gasteiger partial charge < -0.3 is 33.5 Å². The molecule has 0 aromatic carbocycles. The third kappa shape index (κ3) is 12.4. The molecule has 0 radical (unpaired) electrons. The van der Waals surface area contributed by atoms with Gasteiger partial charge in [0.1, 0.15) is 12.2 Å². The quantitative estimate of drug-likeness (QED) is 0.136. The molecule has 9 unspecified atom stereocenters. The van der Waals surface area contributed by atoms with E-state index < -0.39 is 11.9 Å². The molecule has 280 valence electrons. The van der Waals surface area contributed by atoms with Crippen LogP contribution in [0.3, 0.4) is 0 Å². The number of carbonyl (C=O) groups is 1. The molecule has 0 spiro atoms. The van der Waals surface area contributed by atoms with Crippen molar-refractivity contribution in [1.29, 1.82) is 0 Å². The van der Waals surface area contributed by atoms with Gasteiger partial charge in [0, 0.05) is 32.0 Å². The molecule has 3 aliphatic heterocycles. The highest BCUT2D eigenvalue weighted by Crippen LogP contribution is 2.38. The predicted octanol–water partition coefficient (Wildman–Crippen LogP) is 8.28. The fourth-order valence-electron chi connectivity index (χ4n) is 7.59. The minimum atomic E-state index is -0.814. The molecule has 0 bridgehead atoms. The topological polar surface area (TPSA) is 92.7 Å². The predicted molar refractivity (Wildman–Crippen MR) is 195 cm³/mol. The highest BCUT2D eigenvalue weighted by atomic mass is 16.7. The molecule has 3 fully saturated rings. The maximum atomic E-state index is 11.3. The molecule has 8 nitrogen and oxygen atoms in total. The summed E-state index contributed by atoms with van der Waals surface area (Å²) in [6.45, 7) is 23.5. The molecule has 0 aromatic heterocycles. The number of hydrogen-bond donors (Lipinski definition) is 1. The van der Waals surface area contributed by atoms with Gasteiger partial charge in [-0.15, -0.1) is 0 Å².